The lowest BCUT2D eigenvalue weighted by Gasteiger charge is -2.18. The third-order valence-electron chi connectivity index (χ3n) is 3.60. The van der Waals surface area contributed by atoms with E-state index in [-0.39, 0.29) is 0 Å². The van der Waals surface area contributed by atoms with E-state index in [1.807, 2.05) is 0 Å². The molecule has 0 spiro atoms. The predicted octanol–water partition coefficient (Wildman–Crippen LogP) is 3.70. The van der Waals surface area contributed by atoms with Gasteiger partial charge in [0, 0.05) is 16.6 Å². The van der Waals surface area contributed by atoms with Gasteiger partial charge in [-0.3, -0.25) is 0 Å². The van der Waals surface area contributed by atoms with E-state index in [0.717, 1.165) is 0 Å². The Morgan fingerprint density at radius 3 is 2.40 bits per heavy atom. The van der Waals surface area contributed by atoms with Crippen molar-refractivity contribution in [3.63, 3.8) is 0 Å². The van der Waals surface area contributed by atoms with Crippen LogP contribution in [0.1, 0.15) is 42.1 Å². The van der Waals surface area contributed by atoms with Crippen LogP contribution in [0.3, 0.4) is 0 Å². The molecule has 3 rings (SSSR count). The normalized spacial score (nSPS) is 14.4. The van der Waals surface area contributed by atoms with Crippen molar-refractivity contribution in [1.82, 2.24) is 4.98 Å². The molecule has 0 saturated carbocycles. The van der Waals surface area contributed by atoms with Crippen LogP contribution in [-0.2, 0) is 12.8 Å². The van der Waals surface area contributed by atoms with E-state index >= 15 is 0 Å². The lowest BCUT2D eigenvalue weighted by molar-refractivity contribution is 0.841. The number of aromatic amines is 1. The third kappa shape index (κ3) is 1.16. The van der Waals surface area contributed by atoms with Gasteiger partial charge in [-0.25, -0.2) is 0 Å². The van der Waals surface area contributed by atoms with Crippen LogP contribution in [0.25, 0.3) is 10.9 Å². The molecule has 1 aliphatic carbocycles. The SMILES string of the molecule is Cc1[nH]c2cc3c(cc2c1C(C)C)CC3. The number of nitrogens with one attached hydrogen (secondary N) is 1. The lowest BCUT2D eigenvalue weighted by Crippen LogP contribution is -2.07. The molecule has 0 aliphatic heterocycles. The highest BCUT2D eigenvalue weighted by atomic mass is 14.7. The molecule has 1 aliphatic rings. The number of fused-ring (bicyclic) bond motifs is 2. The monoisotopic (exact) mass is 199 g/mol. The van der Waals surface area contributed by atoms with Crippen LogP contribution in [0.5, 0.6) is 0 Å². The molecule has 0 fully saturated rings. The summed E-state index contributed by atoms with van der Waals surface area (Å²) >= 11 is 0. The van der Waals surface area contributed by atoms with Crippen molar-refractivity contribution >= 4 is 10.9 Å². The van der Waals surface area contributed by atoms with Crippen molar-refractivity contribution in [2.45, 2.75) is 39.5 Å². The predicted molar refractivity (Wildman–Crippen MR) is 64.5 cm³/mol. The standard InChI is InChI=1S/C14H17N/c1-8(2)14-9(3)15-13-7-11-5-4-10(11)6-12(13)14/h6-8,15H,4-5H2,1-3H3. The molecule has 0 atom stereocenters. The van der Waals surface area contributed by atoms with Crippen LogP contribution in [0.4, 0.5) is 0 Å². The van der Waals surface area contributed by atoms with E-state index in [9.17, 15) is 0 Å². The topological polar surface area (TPSA) is 15.8 Å². The van der Waals surface area contributed by atoms with Crippen LogP contribution in [0, 0.1) is 6.92 Å². The van der Waals surface area contributed by atoms with Gasteiger partial charge in [0.1, 0.15) is 0 Å². The Labute approximate surface area is 90.5 Å². The minimum absolute atomic E-state index is 0.608. The summed E-state index contributed by atoms with van der Waals surface area (Å²) in [4.78, 5) is 3.51. The molecule has 78 valence electrons. The van der Waals surface area contributed by atoms with Crippen molar-refractivity contribution in [2.24, 2.45) is 0 Å². The number of benzene rings is 1. The molecule has 1 N–H and O–H groups in total. The average Bonchev–Trinajstić information content (AvgIpc) is 2.44. The minimum Gasteiger partial charge on any atom is -0.358 e. The largest absolute Gasteiger partial charge is 0.358 e. The van der Waals surface area contributed by atoms with E-state index < -0.39 is 0 Å². The maximum atomic E-state index is 3.51. The van der Waals surface area contributed by atoms with Crippen LogP contribution < -0.4 is 0 Å². The Morgan fingerprint density at radius 1 is 1.13 bits per heavy atom. The van der Waals surface area contributed by atoms with E-state index in [0.29, 0.717) is 5.92 Å². The summed E-state index contributed by atoms with van der Waals surface area (Å²) in [6.45, 7) is 6.73. The second-order valence-corrected chi connectivity index (χ2v) is 4.98. The second kappa shape index (κ2) is 2.88. The number of hydrogen-bond donors (Lipinski definition) is 1. The quantitative estimate of drug-likeness (QED) is 0.720. The highest BCUT2D eigenvalue weighted by Crippen LogP contribution is 2.34. The summed E-state index contributed by atoms with van der Waals surface area (Å²) in [5, 5.41) is 1.45. The van der Waals surface area contributed by atoms with Gasteiger partial charge in [-0.05, 0) is 54.5 Å². The fraction of sp³-hybridized carbons (Fsp3) is 0.429. The maximum Gasteiger partial charge on any atom is 0.0461 e. The molecule has 1 aromatic carbocycles. The summed E-state index contributed by atoms with van der Waals surface area (Å²) in [5.74, 6) is 0.608. The van der Waals surface area contributed by atoms with E-state index in [2.05, 4.69) is 37.9 Å². The second-order valence-electron chi connectivity index (χ2n) is 4.98. The van der Waals surface area contributed by atoms with Gasteiger partial charge in [0.15, 0.2) is 0 Å². The molecule has 2 aromatic rings. The van der Waals surface area contributed by atoms with Crippen molar-refractivity contribution in [1.29, 1.82) is 0 Å². The third-order valence-corrected chi connectivity index (χ3v) is 3.60. The van der Waals surface area contributed by atoms with Crippen molar-refractivity contribution in [3.05, 3.63) is 34.5 Å². The molecule has 1 heterocycles. The number of aryl methyl sites for hydroxylation is 3. The zero-order valence-corrected chi connectivity index (χ0v) is 9.65. The molecular formula is C14H17N. The Morgan fingerprint density at radius 2 is 1.80 bits per heavy atom. The van der Waals surface area contributed by atoms with Crippen LogP contribution >= 0.6 is 0 Å². The number of rotatable bonds is 1. The van der Waals surface area contributed by atoms with E-state index in [1.54, 1.807) is 11.1 Å². The Bertz CT molecular complexity index is 532. The summed E-state index contributed by atoms with van der Waals surface area (Å²) in [5.41, 5.74) is 7.27. The van der Waals surface area contributed by atoms with E-state index in [1.165, 1.54) is 35.0 Å². The highest BCUT2D eigenvalue weighted by molar-refractivity contribution is 5.87. The van der Waals surface area contributed by atoms with Gasteiger partial charge in [0.05, 0.1) is 0 Å². The summed E-state index contributed by atoms with van der Waals surface area (Å²) < 4.78 is 0. The van der Waals surface area contributed by atoms with Gasteiger partial charge >= 0.3 is 0 Å². The van der Waals surface area contributed by atoms with Gasteiger partial charge in [0.2, 0.25) is 0 Å². The summed E-state index contributed by atoms with van der Waals surface area (Å²) in [6, 6.07) is 4.74. The molecule has 15 heavy (non-hydrogen) atoms. The number of aromatic nitrogens is 1. The molecule has 1 heteroatoms. The fourth-order valence-corrected chi connectivity index (χ4v) is 2.79. The van der Waals surface area contributed by atoms with Crippen LogP contribution in [-0.4, -0.2) is 4.98 Å². The molecule has 0 radical (unpaired) electrons. The average molecular weight is 199 g/mol. The van der Waals surface area contributed by atoms with Gasteiger partial charge in [-0.1, -0.05) is 13.8 Å². The fourth-order valence-electron chi connectivity index (χ4n) is 2.79. The molecule has 0 bridgehead atoms. The van der Waals surface area contributed by atoms with Crippen LogP contribution in [0.15, 0.2) is 12.1 Å². The summed E-state index contributed by atoms with van der Waals surface area (Å²) in [7, 11) is 0. The highest BCUT2D eigenvalue weighted by Gasteiger charge is 2.18. The minimum atomic E-state index is 0.608. The first kappa shape index (κ1) is 9.02. The molecule has 1 nitrogen and oxygen atoms in total. The van der Waals surface area contributed by atoms with Crippen molar-refractivity contribution < 1.29 is 0 Å². The molecular weight excluding hydrogens is 182 g/mol. The van der Waals surface area contributed by atoms with Gasteiger partial charge < -0.3 is 4.98 Å². The zero-order valence-electron chi connectivity index (χ0n) is 9.65. The van der Waals surface area contributed by atoms with Gasteiger partial charge in [-0.15, -0.1) is 0 Å². The van der Waals surface area contributed by atoms with Crippen molar-refractivity contribution in [3.8, 4) is 0 Å². The Kier molecular flexibility index (Phi) is 1.73. The first-order valence-electron chi connectivity index (χ1n) is 5.81. The molecule has 0 unspecified atom stereocenters. The van der Waals surface area contributed by atoms with Crippen molar-refractivity contribution in [2.75, 3.05) is 0 Å². The Hall–Kier alpha value is -1.24. The number of hydrogen-bond acceptors (Lipinski definition) is 0. The van der Waals surface area contributed by atoms with Gasteiger partial charge in [0.25, 0.3) is 0 Å². The smallest absolute Gasteiger partial charge is 0.0461 e. The van der Waals surface area contributed by atoms with Crippen LogP contribution in [0.2, 0.25) is 0 Å². The zero-order chi connectivity index (χ0) is 10.6. The molecule has 1 aromatic heterocycles. The van der Waals surface area contributed by atoms with Gasteiger partial charge in [-0.2, -0.15) is 0 Å². The van der Waals surface area contributed by atoms with E-state index in [4.69, 9.17) is 0 Å². The maximum absolute atomic E-state index is 3.51. The first-order chi connectivity index (χ1) is 7.16. The molecule has 0 amide bonds. The Balaban J connectivity index is 2.35. The number of H-pyrrole nitrogens is 1. The summed E-state index contributed by atoms with van der Waals surface area (Å²) in [6.07, 6.45) is 2.54. The first-order valence-corrected chi connectivity index (χ1v) is 5.81. The molecule has 0 saturated heterocycles. The lowest BCUT2D eigenvalue weighted by atomic mass is 9.86.